The third-order valence-corrected chi connectivity index (χ3v) is 4.96. The van der Waals surface area contributed by atoms with Gasteiger partial charge >= 0.3 is 5.69 Å². The van der Waals surface area contributed by atoms with Crippen molar-refractivity contribution in [2.24, 2.45) is 12.1 Å². The highest BCUT2D eigenvalue weighted by Crippen LogP contribution is 2.24. The van der Waals surface area contributed by atoms with Crippen LogP contribution < -0.4 is 16.3 Å². The lowest BCUT2D eigenvalue weighted by Crippen LogP contribution is -2.40. The quantitative estimate of drug-likeness (QED) is 0.637. The molecule has 1 aliphatic heterocycles. The summed E-state index contributed by atoms with van der Waals surface area (Å²) in [4.78, 5) is 30.9. The molecule has 1 aromatic carbocycles. The molecule has 3 heterocycles. The van der Waals surface area contributed by atoms with Gasteiger partial charge in [-0.15, -0.1) is 0 Å². The normalized spacial score (nSPS) is 13.5. The minimum atomic E-state index is -0.386. The number of aryl methyl sites for hydroxylation is 2. The van der Waals surface area contributed by atoms with Crippen LogP contribution in [0, 0.1) is 6.92 Å². The minimum absolute atomic E-state index is 0.214. The average Bonchev–Trinajstić information content (AvgIpc) is 3.03. The van der Waals surface area contributed by atoms with Crippen LogP contribution in [0.25, 0.3) is 11.2 Å². The van der Waals surface area contributed by atoms with Gasteiger partial charge < -0.3 is 0 Å². The van der Waals surface area contributed by atoms with Gasteiger partial charge in [-0.3, -0.25) is 18.5 Å². The number of hydrogen-bond donors (Lipinski definition) is 0. The van der Waals surface area contributed by atoms with E-state index in [4.69, 9.17) is 0 Å². The number of benzene rings is 1. The Bertz CT molecular complexity index is 1290. The summed E-state index contributed by atoms with van der Waals surface area (Å²) in [6, 6.07) is 7.81. The van der Waals surface area contributed by atoms with E-state index in [0.29, 0.717) is 30.2 Å². The lowest BCUT2D eigenvalue weighted by molar-refractivity contribution is 0.653. The molecule has 4 rings (SSSR count). The van der Waals surface area contributed by atoms with Crippen LogP contribution in [-0.4, -0.2) is 30.9 Å². The number of hydrogen-bond acceptors (Lipinski definition) is 5. The van der Waals surface area contributed by atoms with Crippen LogP contribution in [0.5, 0.6) is 0 Å². The molecule has 2 aromatic heterocycles. The number of fused-ring (bicyclic) bond motifs is 3. The second kappa shape index (κ2) is 6.88. The van der Waals surface area contributed by atoms with Crippen molar-refractivity contribution in [1.82, 2.24) is 18.7 Å². The summed E-state index contributed by atoms with van der Waals surface area (Å²) in [6.07, 6.45) is 0. The molecule has 0 atom stereocenters. The first-order valence-corrected chi connectivity index (χ1v) is 9.48. The molecule has 0 unspecified atom stereocenters. The first-order valence-electron chi connectivity index (χ1n) is 9.48. The van der Waals surface area contributed by atoms with Crippen molar-refractivity contribution in [3.05, 3.63) is 68.4 Å². The second-order valence-electron chi connectivity index (χ2n) is 7.74. The molecule has 0 radical (unpaired) electrons. The highest BCUT2D eigenvalue weighted by Gasteiger charge is 2.26. The molecule has 29 heavy (non-hydrogen) atoms. The SMILES string of the molecule is C=C(C)CN1N=C(C)Cn2c1nc1c2c(=O)n(Cc2cccc(C)c2)c(=O)n1C. The Morgan fingerprint density at radius 2 is 2.00 bits per heavy atom. The zero-order chi connectivity index (χ0) is 20.9. The molecule has 0 N–H and O–H groups in total. The van der Waals surface area contributed by atoms with Gasteiger partial charge in [0.15, 0.2) is 11.2 Å². The molecule has 0 aliphatic carbocycles. The maximum atomic E-state index is 13.4. The summed E-state index contributed by atoms with van der Waals surface area (Å²) in [6.45, 7) is 10.9. The van der Waals surface area contributed by atoms with Crippen LogP contribution in [0.3, 0.4) is 0 Å². The van der Waals surface area contributed by atoms with Crippen LogP contribution in [-0.2, 0) is 20.1 Å². The maximum absolute atomic E-state index is 13.4. The second-order valence-corrected chi connectivity index (χ2v) is 7.74. The highest BCUT2D eigenvalue weighted by molar-refractivity contribution is 5.87. The zero-order valence-corrected chi connectivity index (χ0v) is 17.1. The number of anilines is 1. The predicted molar refractivity (Wildman–Crippen MR) is 115 cm³/mol. The standard InChI is InChI=1S/C21H24N6O2/c1-13(2)10-27-20-22-18-17(25(20)11-15(4)23-27)19(28)26(21(29)24(18)5)12-16-8-6-7-14(3)9-16/h6-9H,1,10-12H2,2-5H3. The lowest BCUT2D eigenvalue weighted by Gasteiger charge is -2.24. The molecule has 3 aromatic rings. The molecule has 8 nitrogen and oxygen atoms in total. The first kappa shape index (κ1) is 18.9. The van der Waals surface area contributed by atoms with Crippen LogP contribution in [0.1, 0.15) is 25.0 Å². The lowest BCUT2D eigenvalue weighted by atomic mass is 10.1. The number of nitrogens with zero attached hydrogens (tertiary/aromatic N) is 6. The summed E-state index contributed by atoms with van der Waals surface area (Å²) in [5.74, 6) is 0.550. The van der Waals surface area contributed by atoms with Gasteiger partial charge in [-0.1, -0.05) is 42.0 Å². The molecule has 1 aliphatic rings. The van der Waals surface area contributed by atoms with Crippen LogP contribution >= 0.6 is 0 Å². The molecule has 0 bridgehead atoms. The Morgan fingerprint density at radius 1 is 1.24 bits per heavy atom. The fourth-order valence-electron chi connectivity index (χ4n) is 3.71. The van der Waals surface area contributed by atoms with E-state index in [1.807, 2.05) is 49.6 Å². The summed E-state index contributed by atoms with van der Waals surface area (Å²) >= 11 is 0. The molecule has 0 spiro atoms. The van der Waals surface area contributed by atoms with E-state index in [0.717, 1.165) is 22.4 Å². The highest BCUT2D eigenvalue weighted by atomic mass is 16.2. The molecule has 0 saturated heterocycles. The Hall–Kier alpha value is -3.42. The number of aromatic nitrogens is 4. The Balaban J connectivity index is 1.94. The third kappa shape index (κ3) is 3.20. The van der Waals surface area contributed by atoms with E-state index in [9.17, 15) is 9.59 Å². The fraction of sp³-hybridized carbons (Fsp3) is 0.333. The molecule has 0 amide bonds. The van der Waals surface area contributed by atoms with Crippen molar-refractivity contribution in [3.8, 4) is 0 Å². The fourth-order valence-corrected chi connectivity index (χ4v) is 3.71. The smallest absolute Gasteiger partial charge is 0.297 e. The van der Waals surface area contributed by atoms with Crippen molar-refractivity contribution >= 4 is 22.8 Å². The monoisotopic (exact) mass is 392 g/mol. The van der Waals surface area contributed by atoms with E-state index in [1.165, 1.54) is 9.13 Å². The van der Waals surface area contributed by atoms with Crippen molar-refractivity contribution in [2.75, 3.05) is 11.6 Å². The zero-order valence-electron chi connectivity index (χ0n) is 17.1. The van der Waals surface area contributed by atoms with Crippen LogP contribution in [0.15, 0.2) is 51.1 Å². The van der Waals surface area contributed by atoms with Gasteiger partial charge in [-0.05, 0) is 26.3 Å². The van der Waals surface area contributed by atoms with Gasteiger partial charge in [0.05, 0.1) is 25.3 Å². The third-order valence-electron chi connectivity index (χ3n) is 4.96. The van der Waals surface area contributed by atoms with Crippen molar-refractivity contribution < 1.29 is 0 Å². The van der Waals surface area contributed by atoms with E-state index < -0.39 is 0 Å². The van der Waals surface area contributed by atoms with E-state index in [-0.39, 0.29) is 17.8 Å². The van der Waals surface area contributed by atoms with Crippen molar-refractivity contribution in [3.63, 3.8) is 0 Å². The van der Waals surface area contributed by atoms with Crippen LogP contribution in [0.4, 0.5) is 5.95 Å². The number of imidazole rings is 1. The average molecular weight is 392 g/mol. The van der Waals surface area contributed by atoms with Gasteiger partial charge in [0.1, 0.15) is 0 Å². The van der Waals surface area contributed by atoms with Crippen molar-refractivity contribution in [2.45, 2.75) is 33.9 Å². The molecule has 0 fully saturated rings. The summed E-state index contributed by atoms with van der Waals surface area (Å²) in [5, 5.41) is 6.28. The van der Waals surface area contributed by atoms with E-state index in [1.54, 1.807) is 12.1 Å². The molecule has 8 heteroatoms. The van der Waals surface area contributed by atoms with Gasteiger partial charge in [0.25, 0.3) is 5.56 Å². The molecule has 150 valence electrons. The minimum Gasteiger partial charge on any atom is -0.297 e. The van der Waals surface area contributed by atoms with Gasteiger partial charge in [-0.2, -0.15) is 10.1 Å². The summed E-state index contributed by atoms with van der Waals surface area (Å²) in [5.41, 5.74) is 3.82. The molecule has 0 saturated carbocycles. The number of rotatable bonds is 4. The summed E-state index contributed by atoms with van der Waals surface area (Å²) in [7, 11) is 1.65. The van der Waals surface area contributed by atoms with Crippen LogP contribution in [0.2, 0.25) is 0 Å². The largest absolute Gasteiger partial charge is 0.332 e. The topological polar surface area (TPSA) is 77.4 Å². The Morgan fingerprint density at radius 3 is 2.69 bits per heavy atom. The van der Waals surface area contributed by atoms with Crippen molar-refractivity contribution in [1.29, 1.82) is 0 Å². The predicted octanol–water partition coefficient (Wildman–Crippen LogP) is 2.03. The maximum Gasteiger partial charge on any atom is 0.332 e. The summed E-state index contributed by atoms with van der Waals surface area (Å²) < 4.78 is 4.55. The number of hydrazone groups is 1. The first-order chi connectivity index (χ1) is 13.8. The Labute approximate surface area is 168 Å². The van der Waals surface area contributed by atoms with E-state index in [2.05, 4.69) is 16.7 Å². The molecular formula is C21H24N6O2. The van der Waals surface area contributed by atoms with Gasteiger partial charge in [-0.25, -0.2) is 9.80 Å². The van der Waals surface area contributed by atoms with Gasteiger partial charge in [0, 0.05) is 7.05 Å². The van der Waals surface area contributed by atoms with E-state index >= 15 is 0 Å². The molecular weight excluding hydrogens is 368 g/mol. The Kier molecular flexibility index (Phi) is 4.49. The van der Waals surface area contributed by atoms with Gasteiger partial charge in [0.2, 0.25) is 5.95 Å².